The molecule has 0 saturated heterocycles. The lowest BCUT2D eigenvalue weighted by Crippen LogP contribution is -2.24. The Kier molecular flexibility index (Phi) is 2.25. The van der Waals surface area contributed by atoms with Gasteiger partial charge in [-0.1, -0.05) is 18.2 Å². The Labute approximate surface area is 87.0 Å². The van der Waals surface area contributed by atoms with Crippen molar-refractivity contribution < 1.29 is 0 Å². The summed E-state index contributed by atoms with van der Waals surface area (Å²) in [5.74, 6) is 0.254. The van der Waals surface area contributed by atoms with Crippen LogP contribution in [0.3, 0.4) is 0 Å². The van der Waals surface area contributed by atoms with E-state index in [9.17, 15) is 4.79 Å². The van der Waals surface area contributed by atoms with Crippen LogP contribution in [0.1, 0.15) is 5.69 Å². The summed E-state index contributed by atoms with van der Waals surface area (Å²) in [5, 5.41) is 0. The lowest BCUT2D eigenvalue weighted by molar-refractivity contribution is 0.877. The first-order valence-corrected chi connectivity index (χ1v) is 4.60. The van der Waals surface area contributed by atoms with E-state index in [-0.39, 0.29) is 11.5 Å². The molecular formula is C11H11N3O. The number of aromatic nitrogens is 2. The largest absolute Gasteiger partial charge is 0.383 e. The van der Waals surface area contributed by atoms with E-state index in [1.54, 1.807) is 6.07 Å². The summed E-state index contributed by atoms with van der Waals surface area (Å²) in [4.78, 5) is 15.3. The fourth-order valence-electron chi connectivity index (χ4n) is 1.51. The standard InChI is InChI=1S/C11H11N3O/c1-8-7-10(12)13-11(15)14(8)9-5-3-2-4-6-9/h2-7H,1H3,(H2,12,13,15). The molecule has 1 aromatic carbocycles. The normalized spacial score (nSPS) is 10.2. The lowest BCUT2D eigenvalue weighted by atomic mass is 10.3. The van der Waals surface area contributed by atoms with Crippen molar-refractivity contribution in [2.24, 2.45) is 0 Å². The maximum atomic E-state index is 11.6. The molecule has 1 heterocycles. The minimum absolute atomic E-state index is 0.254. The summed E-state index contributed by atoms with van der Waals surface area (Å²) in [6.07, 6.45) is 0. The van der Waals surface area contributed by atoms with Crippen LogP contribution in [0.25, 0.3) is 5.69 Å². The van der Waals surface area contributed by atoms with Crippen molar-refractivity contribution in [3.05, 3.63) is 52.6 Å². The first-order valence-electron chi connectivity index (χ1n) is 4.60. The van der Waals surface area contributed by atoms with Gasteiger partial charge in [-0.25, -0.2) is 4.79 Å². The van der Waals surface area contributed by atoms with E-state index in [1.165, 1.54) is 4.57 Å². The van der Waals surface area contributed by atoms with E-state index >= 15 is 0 Å². The minimum atomic E-state index is -0.348. The van der Waals surface area contributed by atoms with Crippen LogP contribution in [0, 0.1) is 6.92 Å². The van der Waals surface area contributed by atoms with Crippen molar-refractivity contribution >= 4 is 5.82 Å². The van der Waals surface area contributed by atoms with Crippen LogP contribution < -0.4 is 11.4 Å². The first-order chi connectivity index (χ1) is 7.18. The molecule has 0 radical (unpaired) electrons. The highest BCUT2D eigenvalue weighted by Crippen LogP contribution is 2.08. The molecular weight excluding hydrogens is 190 g/mol. The van der Waals surface area contributed by atoms with Gasteiger partial charge < -0.3 is 5.73 Å². The Hall–Kier alpha value is -2.10. The number of benzene rings is 1. The van der Waals surface area contributed by atoms with Crippen LogP contribution in [0.5, 0.6) is 0 Å². The summed E-state index contributed by atoms with van der Waals surface area (Å²) in [6.45, 7) is 1.83. The van der Waals surface area contributed by atoms with E-state index in [0.717, 1.165) is 11.4 Å². The van der Waals surface area contributed by atoms with Crippen LogP contribution in [0.15, 0.2) is 41.2 Å². The number of rotatable bonds is 1. The molecule has 0 amide bonds. The van der Waals surface area contributed by atoms with Gasteiger partial charge in [0.1, 0.15) is 5.82 Å². The molecule has 2 N–H and O–H groups in total. The third kappa shape index (κ3) is 1.74. The number of hydrogen-bond donors (Lipinski definition) is 1. The molecule has 76 valence electrons. The fraction of sp³-hybridized carbons (Fsp3) is 0.0909. The van der Waals surface area contributed by atoms with E-state index < -0.39 is 0 Å². The molecule has 2 rings (SSSR count). The van der Waals surface area contributed by atoms with Gasteiger partial charge in [-0.05, 0) is 19.1 Å². The third-order valence-electron chi connectivity index (χ3n) is 2.14. The number of nitrogen functional groups attached to an aromatic ring is 1. The van der Waals surface area contributed by atoms with Gasteiger partial charge in [-0.15, -0.1) is 0 Å². The van der Waals surface area contributed by atoms with Crippen molar-refractivity contribution in [2.45, 2.75) is 6.92 Å². The highest BCUT2D eigenvalue weighted by Gasteiger charge is 2.04. The molecule has 1 aromatic heterocycles. The molecule has 0 aliphatic rings. The average Bonchev–Trinajstić information content (AvgIpc) is 2.17. The fourth-order valence-corrected chi connectivity index (χ4v) is 1.51. The maximum absolute atomic E-state index is 11.6. The summed E-state index contributed by atoms with van der Waals surface area (Å²) >= 11 is 0. The third-order valence-corrected chi connectivity index (χ3v) is 2.14. The highest BCUT2D eigenvalue weighted by molar-refractivity contribution is 5.37. The number of para-hydroxylation sites is 1. The van der Waals surface area contributed by atoms with Gasteiger partial charge in [0.05, 0.1) is 5.69 Å². The predicted molar refractivity (Wildman–Crippen MR) is 59.0 cm³/mol. The van der Waals surface area contributed by atoms with Crippen LogP contribution in [-0.4, -0.2) is 9.55 Å². The van der Waals surface area contributed by atoms with Crippen LogP contribution in [0.4, 0.5) is 5.82 Å². The molecule has 15 heavy (non-hydrogen) atoms. The van der Waals surface area contributed by atoms with Gasteiger partial charge in [-0.3, -0.25) is 4.57 Å². The SMILES string of the molecule is Cc1cc(N)nc(=O)n1-c1ccccc1. The minimum Gasteiger partial charge on any atom is -0.383 e. The number of hydrogen-bond acceptors (Lipinski definition) is 3. The quantitative estimate of drug-likeness (QED) is 0.752. The molecule has 0 aliphatic carbocycles. The molecule has 2 aromatic rings. The molecule has 0 spiro atoms. The lowest BCUT2D eigenvalue weighted by Gasteiger charge is -2.08. The monoisotopic (exact) mass is 201 g/mol. The second-order valence-electron chi connectivity index (χ2n) is 3.28. The van der Waals surface area contributed by atoms with Gasteiger partial charge in [0.15, 0.2) is 0 Å². The Morgan fingerprint density at radius 2 is 1.93 bits per heavy atom. The average molecular weight is 201 g/mol. The molecule has 0 fully saturated rings. The molecule has 0 bridgehead atoms. The van der Waals surface area contributed by atoms with E-state index in [1.807, 2.05) is 37.3 Å². The molecule has 0 saturated carbocycles. The van der Waals surface area contributed by atoms with Crippen LogP contribution in [-0.2, 0) is 0 Å². The van der Waals surface area contributed by atoms with Gasteiger partial charge in [0, 0.05) is 11.8 Å². The molecule has 0 aliphatic heterocycles. The summed E-state index contributed by atoms with van der Waals surface area (Å²) in [7, 11) is 0. The first kappa shape index (κ1) is 9.45. The van der Waals surface area contributed by atoms with Crippen molar-refractivity contribution in [3.8, 4) is 5.69 Å². The topological polar surface area (TPSA) is 60.9 Å². The van der Waals surface area contributed by atoms with Gasteiger partial charge in [-0.2, -0.15) is 4.98 Å². The smallest absolute Gasteiger partial charge is 0.354 e. The van der Waals surface area contributed by atoms with Crippen molar-refractivity contribution in [1.29, 1.82) is 0 Å². The highest BCUT2D eigenvalue weighted by atomic mass is 16.1. The zero-order valence-corrected chi connectivity index (χ0v) is 8.34. The zero-order chi connectivity index (χ0) is 10.8. The van der Waals surface area contributed by atoms with Gasteiger partial charge in [0.25, 0.3) is 0 Å². The van der Waals surface area contributed by atoms with Crippen LogP contribution in [0.2, 0.25) is 0 Å². The number of aryl methyl sites for hydroxylation is 1. The van der Waals surface area contributed by atoms with E-state index in [4.69, 9.17) is 5.73 Å². The number of anilines is 1. The molecule has 0 atom stereocenters. The summed E-state index contributed by atoms with van der Waals surface area (Å²) in [5.41, 5.74) is 6.71. The Balaban J connectivity index is 2.69. The maximum Gasteiger partial charge on any atom is 0.354 e. The number of nitrogens with zero attached hydrogens (tertiary/aromatic N) is 2. The predicted octanol–water partition coefficient (Wildman–Crippen LogP) is 1.12. The molecule has 4 heteroatoms. The van der Waals surface area contributed by atoms with Crippen LogP contribution >= 0.6 is 0 Å². The Morgan fingerprint density at radius 3 is 2.53 bits per heavy atom. The Bertz CT molecular complexity index is 531. The van der Waals surface area contributed by atoms with Gasteiger partial charge >= 0.3 is 5.69 Å². The zero-order valence-electron chi connectivity index (χ0n) is 8.34. The van der Waals surface area contributed by atoms with Crippen molar-refractivity contribution in [3.63, 3.8) is 0 Å². The molecule has 0 unspecified atom stereocenters. The van der Waals surface area contributed by atoms with E-state index in [2.05, 4.69) is 4.98 Å². The van der Waals surface area contributed by atoms with E-state index in [0.29, 0.717) is 0 Å². The summed E-state index contributed by atoms with van der Waals surface area (Å²) in [6, 6.07) is 11.0. The van der Waals surface area contributed by atoms with Crippen molar-refractivity contribution in [1.82, 2.24) is 9.55 Å². The molecule has 4 nitrogen and oxygen atoms in total. The van der Waals surface area contributed by atoms with Crippen molar-refractivity contribution in [2.75, 3.05) is 5.73 Å². The Morgan fingerprint density at radius 1 is 1.27 bits per heavy atom. The second kappa shape index (κ2) is 3.57. The summed E-state index contributed by atoms with van der Waals surface area (Å²) < 4.78 is 1.52. The van der Waals surface area contributed by atoms with Gasteiger partial charge in [0.2, 0.25) is 0 Å². The second-order valence-corrected chi connectivity index (χ2v) is 3.28. The number of nitrogens with two attached hydrogens (primary N) is 1.